The lowest BCUT2D eigenvalue weighted by Gasteiger charge is -2.26. The van der Waals surface area contributed by atoms with Gasteiger partial charge in [-0.25, -0.2) is 4.79 Å². The molecule has 0 aromatic carbocycles. The number of rotatable bonds is 2. The van der Waals surface area contributed by atoms with E-state index in [1.165, 1.54) is 0 Å². The Morgan fingerprint density at radius 2 is 2.07 bits per heavy atom. The van der Waals surface area contributed by atoms with Crippen LogP contribution in [0.5, 0.6) is 0 Å². The fourth-order valence-corrected chi connectivity index (χ4v) is 3.42. The number of amides is 1. The maximum Gasteiger partial charge on any atom is 0.410 e. The smallest absolute Gasteiger partial charge is 0.410 e. The van der Waals surface area contributed by atoms with Gasteiger partial charge in [-0.15, -0.1) is 5.54 Å². The number of hydrogen-bond acceptors (Lipinski definition) is 6. The van der Waals surface area contributed by atoms with E-state index in [9.17, 15) is 4.79 Å². The average Bonchev–Trinajstić information content (AvgIpc) is 3.27. The number of likely N-dealkylation sites (tertiary alicyclic amines) is 1. The Morgan fingerprint density at radius 1 is 1.31 bits per heavy atom. The molecule has 0 bridgehead atoms. The van der Waals surface area contributed by atoms with Crippen LogP contribution in [0.1, 0.15) is 51.1 Å². The molecule has 1 amide bonds. The maximum absolute atomic E-state index is 12.5. The molecule has 1 aliphatic heterocycles. The summed E-state index contributed by atoms with van der Waals surface area (Å²) in [6.07, 6.45) is 2.99. The molecule has 1 saturated heterocycles. The minimum absolute atomic E-state index is 0.270. The second-order valence-corrected chi connectivity index (χ2v) is 14.0. The van der Waals surface area contributed by atoms with Crippen molar-refractivity contribution in [1.29, 1.82) is 0 Å². The Hall–Kier alpha value is -2.66. The highest BCUT2D eigenvalue weighted by molar-refractivity contribution is 6.83. The van der Waals surface area contributed by atoms with Gasteiger partial charge in [0.1, 0.15) is 25.4 Å². The van der Waals surface area contributed by atoms with Gasteiger partial charge < -0.3 is 9.26 Å². The molecule has 7 nitrogen and oxygen atoms in total. The summed E-state index contributed by atoms with van der Waals surface area (Å²) in [5, 5.41) is 4.06. The van der Waals surface area contributed by atoms with E-state index < -0.39 is 13.7 Å². The quantitative estimate of drug-likeness (QED) is 0.536. The van der Waals surface area contributed by atoms with Crippen LogP contribution in [0.25, 0.3) is 11.5 Å². The lowest BCUT2D eigenvalue weighted by Crippen LogP contribution is -2.36. The van der Waals surface area contributed by atoms with E-state index in [0.717, 1.165) is 18.4 Å². The van der Waals surface area contributed by atoms with Crippen molar-refractivity contribution in [3.05, 3.63) is 29.8 Å². The highest BCUT2D eigenvalue weighted by atomic mass is 28.3. The van der Waals surface area contributed by atoms with Gasteiger partial charge in [0.2, 0.25) is 11.7 Å². The number of aromatic nitrogens is 3. The number of hydrogen-bond donors (Lipinski definition) is 0. The molecule has 0 N–H and O–H groups in total. The lowest BCUT2D eigenvalue weighted by atomic mass is 10.2. The normalized spacial score (nSPS) is 17.0. The number of carbonyl (C=O) groups excluding carboxylic acids is 1. The van der Waals surface area contributed by atoms with Gasteiger partial charge in [0, 0.05) is 18.3 Å². The second-order valence-electron chi connectivity index (χ2n) is 9.22. The van der Waals surface area contributed by atoms with Crippen LogP contribution in [0.15, 0.2) is 22.9 Å². The Balaban J connectivity index is 1.74. The summed E-state index contributed by atoms with van der Waals surface area (Å²) >= 11 is 0. The van der Waals surface area contributed by atoms with Gasteiger partial charge in [-0.1, -0.05) is 30.7 Å². The summed E-state index contributed by atoms with van der Waals surface area (Å²) in [6.45, 7) is 12.8. The highest BCUT2D eigenvalue weighted by Crippen LogP contribution is 2.33. The third kappa shape index (κ3) is 5.67. The third-order valence-corrected chi connectivity index (χ3v) is 5.06. The van der Waals surface area contributed by atoms with Gasteiger partial charge in [0.25, 0.3) is 0 Å². The molecule has 3 rings (SSSR count). The lowest BCUT2D eigenvalue weighted by molar-refractivity contribution is 0.0199. The van der Waals surface area contributed by atoms with Crippen LogP contribution < -0.4 is 0 Å². The second kappa shape index (κ2) is 7.99. The van der Waals surface area contributed by atoms with E-state index in [-0.39, 0.29) is 12.1 Å². The first-order valence-electron chi connectivity index (χ1n) is 9.85. The molecule has 3 heterocycles. The zero-order chi connectivity index (χ0) is 21.2. The van der Waals surface area contributed by atoms with E-state index in [1.54, 1.807) is 11.1 Å². The Labute approximate surface area is 172 Å². The van der Waals surface area contributed by atoms with Gasteiger partial charge in [0.05, 0.1) is 0 Å². The molecule has 0 saturated carbocycles. The van der Waals surface area contributed by atoms with Crippen molar-refractivity contribution in [2.45, 2.75) is 64.9 Å². The van der Waals surface area contributed by atoms with Crippen molar-refractivity contribution >= 4 is 14.2 Å². The molecular formula is C21H28N4O3Si. The average molecular weight is 413 g/mol. The number of ether oxygens (including phenoxy) is 1. The molecule has 2 aromatic heterocycles. The molecule has 1 atom stereocenters. The molecule has 2 aromatic rings. The molecule has 1 aliphatic rings. The first-order valence-corrected chi connectivity index (χ1v) is 13.3. The molecule has 0 aliphatic carbocycles. The van der Waals surface area contributed by atoms with Crippen LogP contribution in [0.2, 0.25) is 19.6 Å². The van der Waals surface area contributed by atoms with Crippen molar-refractivity contribution in [2.75, 3.05) is 6.54 Å². The molecule has 8 heteroatoms. The van der Waals surface area contributed by atoms with Gasteiger partial charge in [-0.2, -0.15) is 4.98 Å². The van der Waals surface area contributed by atoms with E-state index in [2.05, 4.69) is 46.2 Å². The van der Waals surface area contributed by atoms with Crippen LogP contribution in [0, 0.1) is 11.5 Å². The topological polar surface area (TPSA) is 81.4 Å². The summed E-state index contributed by atoms with van der Waals surface area (Å²) in [5.74, 6) is 3.99. The SMILES string of the molecule is CC(C)(C)OC(=O)N1CCCC1c1nc(-c2ccc(C#C[Si](C)(C)C)cn2)no1. The Morgan fingerprint density at radius 3 is 2.69 bits per heavy atom. The monoisotopic (exact) mass is 412 g/mol. The maximum atomic E-state index is 12.5. The molecule has 0 radical (unpaired) electrons. The molecule has 0 spiro atoms. The van der Waals surface area contributed by atoms with E-state index in [1.807, 2.05) is 32.9 Å². The summed E-state index contributed by atoms with van der Waals surface area (Å²) in [5.41, 5.74) is 4.25. The van der Waals surface area contributed by atoms with Crippen LogP contribution in [-0.2, 0) is 4.74 Å². The van der Waals surface area contributed by atoms with Gasteiger partial charge >= 0.3 is 6.09 Å². The van der Waals surface area contributed by atoms with Crippen LogP contribution in [0.4, 0.5) is 4.79 Å². The summed E-state index contributed by atoms with van der Waals surface area (Å²) in [6, 6.07) is 3.48. The predicted octanol–water partition coefficient (Wildman–Crippen LogP) is 4.43. The summed E-state index contributed by atoms with van der Waals surface area (Å²) in [7, 11) is -1.43. The van der Waals surface area contributed by atoms with E-state index in [0.29, 0.717) is 24.0 Å². The van der Waals surface area contributed by atoms with Crippen molar-refractivity contribution in [1.82, 2.24) is 20.0 Å². The molecule has 29 heavy (non-hydrogen) atoms. The molecule has 1 unspecified atom stereocenters. The Bertz CT molecular complexity index is 930. The first-order chi connectivity index (χ1) is 13.5. The zero-order valence-electron chi connectivity index (χ0n) is 17.9. The first kappa shape index (κ1) is 21.1. The van der Waals surface area contributed by atoms with Crippen molar-refractivity contribution in [3.8, 4) is 23.0 Å². The standard InChI is InChI=1S/C21H28N4O3Si/c1-21(2,3)27-20(26)25-12-7-8-17(25)19-23-18(24-28-19)16-10-9-15(14-22-16)11-13-29(4,5)6/h9-10,14,17H,7-8,12H2,1-6H3. The fraction of sp³-hybridized carbons (Fsp3) is 0.524. The third-order valence-electron chi connectivity index (χ3n) is 4.18. The van der Waals surface area contributed by atoms with Crippen LogP contribution in [-0.4, -0.2) is 46.3 Å². The van der Waals surface area contributed by atoms with Gasteiger partial charge in [-0.05, 0) is 45.7 Å². The number of nitrogens with zero attached hydrogens (tertiary/aromatic N) is 4. The molecule has 1 fully saturated rings. The number of pyridine rings is 1. The van der Waals surface area contributed by atoms with E-state index >= 15 is 0 Å². The van der Waals surface area contributed by atoms with Crippen molar-refractivity contribution in [2.24, 2.45) is 0 Å². The highest BCUT2D eigenvalue weighted by Gasteiger charge is 2.36. The van der Waals surface area contributed by atoms with Crippen molar-refractivity contribution < 1.29 is 14.1 Å². The summed E-state index contributed by atoms with van der Waals surface area (Å²) in [4.78, 5) is 23.0. The molecule has 154 valence electrons. The van der Waals surface area contributed by atoms with Crippen LogP contribution >= 0.6 is 0 Å². The Kier molecular flexibility index (Phi) is 5.80. The zero-order valence-corrected chi connectivity index (χ0v) is 18.9. The largest absolute Gasteiger partial charge is 0.444 e. The van der Waals surface area contributed by atoms with Gasteiger partial charge in [-0.3, -0.25) is 9.88 Å². The van der Waals surface area contributed by atoms with Crippen molar-refractivity contribution in [3.63, 3.8) is 0 Å². The van der Waals surface area contributed by atoms with E-state index in [4.69, 9.17) is 9.26 Å². The van der Waals surface area contributed by atoms with Crippen LogP contribution in [0.3, 0.4) is 0 Å². The molecular weight excluding hydrogens is 384 g/mol. The minimum Gasteiger partial charge on any atom is -0.444 e. The number of carbonyl (C=O) groups is 1. The predicted molar refractivity (Wildman–Crippen MR) is 113 cm³/mol. The fourth-order valence-electron chi connectivity index (χ4n) is 2.90. The van der Waals surface area contributed by atoms with Gasteiger partial charge in [0.15, 0.2) is 0 Å². The summed E-state index contributed by atoms with van der Waals surface area (Å²) < 4.78 is 11.0. The minimum atomic E-state index is -1.43.